The van der Waals surface area contributed by atoms with Gasteiger partial charge in [-0.15, -0.1) is 0 Å². The van der Waals surface area contributed by atoms with E-state index in [0.717, 1.165) is 43.8 Å². The van der Waals surface area contributed by atoms with Gasteiger partial charge in [0.25, 0.3) is 0 Å². The summed E-state index contributed by atoms with van der Waals surface area (Å²) in [7, 11) is 0. The zero-order chi connectivity index (χ0) is 30.5. The summed E-state index contributed by atoms with van der Waals surface area (Å²) in [6.45, 7) is -1.77. The lowest BCUT2D eigenvalue weighted by Crippen LogP contribution is -2.35. The Morgan fingerprint density at radius 2 is 2.00 bits per heavy atom. The molecule has 31 heavy (non-hydrogen) atoms. The van der Waals surface area contributed by atoms with Gasteiger partial charge in [0.15, 0.2) is 0 Å². The molecule has 0 unspecified atom stereocenters. The quantitative estimate of drug-likeness (QED) is 0.482. The maximum absolute atomic E-state index is 11.0. The van der Waals surface area contributed by atoms with Crippen molar-refractivity contribution < 1.29 is 27.7 Å². The van der Waals surface area contributed by atoms with Gasteiger partial charge in [-0.1, -0.05) is 57.2 Å². The lowest BCUT2D eigenvalue weighted by atomic mass is 9.61. The summed E-state index contributed by atoms with van der Waals surface area (Å²) in [4.78, 5) is 0. The van der Waals surface area contributed by atoms with Crippen molar-refractivity contribution in [3.63, 3.8) is 0 Å². The first-order chi connectivity index (χ1) is 18.1. The van der Waals surface area contributed by atoms with Crippen LogP contribution in [0.25, 0.3) is 0 Å². The number of hydrogen-bond donors (Lipinski definition) is 3. The lowest BCUT2D eigenvalue weighted by molar-refractivity contribution is 0.0436. The lowest BCUT2D eigenvalue weighted by Gasteiger charge is -2.44. The van der Waals surface area contributed by atoms with Crippen molar-refractivity contribution >= 4 is 0 Å². The molecule has 0 aromatic carbocycles. The fraction of sp³-hybridized carbons (Fsp3) is 0.714. The van der Waals surface area contributed by atoms with Gasteiger partial charge in [-0.05, 0) is 86.5 Å². The highest BCUT2D eigenvalue weighted by Gasteiger charge is 2.50. The third kappa shape index (κ3) is 5.26. The van der Waals surface area contributed by atoms with E-state index in [9.17, 15) is 15.3 Å². The summed E-state index contributed by atoms with van der Waals surface area (Å²) in [5.41, 5.74) is -0.747. The van der Waals surface area contributed by atoms with Crippen molar-refractivity contribution in [2.75, 3.05) is 0 Å². The van der Waals surface area contributed by atoms with Gasteiger partial charge in [0.1, 0.15) is 0 Å². The fourth-order valence-electron chi connectivity index (χ4n) is 6.17. The first kappa shape index (κ1) is 14.9. The third-order valence-electron chi connectivity index (χ3n) is 7.99. The van der Waals surface area contributed by atoms with E-state index in [2.05, 4.69) is 19.6 Å². The molecule has 3 nitrogen and oxygen atoms in total. The predicted molar refractivity (Wildman–Crippen MR) is 128 cm³/mol. The maximum Gasteiger partial charge on any atom is 0.0811 e. The van der Waals surface area contributed by atoms with Crippen LogP contribution in [0.5, 0.6) is 0 Å². The third-order valence-corrected chi connectivity index (χ3v) is 7.99. The molecule has 0 aliphatic heterocycles. The van der Waals surface area contributed by atoms with Crippen LogP contribution >= 0.6 is 0 Å². The Morgan fingerprint density at radius 3 is 2.71 bits per heavy atom. The Morgan fingerprint density at radius 1 is 1.23 bits per heavy atom. The molecular weight excluding hydrogens is 384 g/mol. The van der Waals surface area contributed by atoms with Gasteiger partial charge in [0.05, 0.1) is 17.8 Å². The van der Waals surface area contributed by atoms with Crippen molar-refractivity contribution in [2.24, 2.45) is 29.1 Å². The highest BCUT2D eigenvalue weighted by molar-refractivity contribution is 5.38. The maximum atomic E-state index is 11.0. The number of fused-ring (bicyclic) bond motifs is 1. The normalized spacial score (nSPS) is 44.8. The van der Waals surface area contributed by atoms with Crippen LogP contribution in [0.1, 0.15) is 91.7 Å². The van der Waals surface area contributed by atoms with Gasteiger partial charge in [-0.25, -0.2) is 0 Å². The molecule has 3 fully saturated rings. The second-order valence-corrected chi connectivity index (χ2v) is 10.2. The van der Waals surface area contributed by atoms with Gasteiger partial charge in [0, 0.05) is 24.7 Å². The summed E-state index contributed by atoms with van der Waals surface area (Å²) in [6.07, 6.45) is 10.8. The van der Waals surface area contributed by atoms with Crippen LogP contribution in [-0.2, 0) is 0 Å². The standard InChI is InChI=1S/C28H44O3/c1-18(9-10-19(2)27(4,5)31)24-13-14-25-21(8-7-15-28(24,25)6)11-12-22-16-23(29)17-26(30)20(22)3/h9-12,18-19,23-26,29-31H,3,7-8,13-17H2,1-2,4-6H3/b10-9+,21-11+,22-12-/t18-,19+,23+,24-,25+,26+,28-/m1/s1/i2D3,4D3,5D3. The summed E-state index contributed by atoms with van der Waals surface area (Å²) in [5, 5.41) is 31.2. The number of rotatable bonds is 5. The van der Waals surface area contributed by atoms with Crippen LogP contribution in [0.3, 0.4) is 0 Å². The van der Waals surface area contributed by atoms with Gasteiger partial charge in [-0.3, -0.25) is 0 Å². The van der Waals surface area contributed by atoms with E-state index < -0.39 is 44.3 Å². The SMILES string of the molecule is [2H]C([2H])([2H])[C@@H](/C=C/[C@@H](C)[C@H]1CC[C@H]2/C(=C/C=C3/C[C@H](O)C[C@H](O)C3=C)CCC[C@]12C)C(O)(C([2H])([2H])[2H])C([2H])([2H])[2H]. The Labute approximate surface area is 202 Å². The van der Waals surface area contributed by atoms with E-state index in [0.29, 0.717) is 18.4 Å². The van der Waals surface area contributed by atoms with E-state index in [4.69, 9.17) is 12.3 Å². The van der Waals surface area contributed by atoms with Crippen molar-refractivity contribution in [3.05, 3.63) is 47.6 Å². The first-order valence-corrected chi connectivity index (χ1v) is 11.5. The van der Waals surface area contributed by atoms with Gasteiger partial charge in [0.2, 0.25) is 0 Å². The van der Waals surface area contributed by atoms with Crippen LogP contribution < -0.4 is 0 Å². The summed E-state index contributed by atoms with van der Waals surface area (Å²) < 4.78 is 70.1. The molecule has 0 spiro atoms. The minimum Gasteiger partial charge on any atom is -0.393 e. The second kappa shape index (κ2) is 9.37. The number of hydrogen-bond acceptors (Lipinski definition) is 3. The average molecular weight is 438 g/mol. The van der Waals surface area contributed by atoms with Crippen LogP contribution in [0.15, 0.2) is 47.6 Å². The van der Waals surface area contributed by atoms with E-state index in [1.54, 1.807) is 6.08 Å². The molecule has 7 atom stereocenters. The van der Waals surface area contributed by atoms with E-state index in [1.165, 1.54) is 5.57 Å². The molecule has 0 amide bonds. The Balaban J connectivity index is 1.88. The van der Waals surface area contributed by atoms with E-state index in [1.807, 2.05) is 13.0 Å². The second-order valence-electron chi connectivity index (χ2n) is 10.2. The van der Waals surface area contributed by atoms with Crippen molar-refractivity contribution in [3.8, 4) is 0 Å². The average Bonchev–Trinajstić information content (AvgIpc) is 3.15. The van der Waals surface area contributed by atoms with E-state index >= 15 is 0 Å². The van der Waals surface area contributed by atoms with Gasteiger partial charge < -0.3 is 15.3 Å². The molecule has 0 saturated heterocycles. The molecule has 0 aromatic rings. The highest BCUT2D eigenvalue weighted by atomic mass is 16.3. The number of aliphatic hydroxyl groups excluding tert-OH is 2. The van der Waals surface area contributed by atoms with Crippen LogP contribution in [-0.4, -0.2) is 33.1 Å². The molecule has 0 radical (unpaired) electrons. The van der Waals surface area contributed by atoms with Crippen LogP contribution in [0, 0.1) is 29.1 Å². The van der Waals surface area contributed by atoms with Crippen molar-refractivity contribution in [2.45, 2.75) is 97.2 Å². The molecule has 0 heterocycles. The van der Waals surface area contributed by atoms with Crippen LogP contribution in [0.2, 0.25) is 0 Å². The van der Waals surface area contributed by atoms with Gasteiger partial charge in [-0.2, -0.15) is 0 Å². The molecule has 3 N–H and O–H groups in total. The monoisotopic (exact) mass is 437 g/mol. The molecule has 3 heteroatoms. The number of aliphatic hydroxyl groups is 3. The molecule has 3 saturated carbocycles. The van der Waals surface area contributed by atoms with E-state index in [-0.39, 0.29) is 23.2 Å². The zero-order valence-corrected chi connectivity index (χ0v) is 18.8. The topological polar surface area (TPSA) is 60.7 Å². The number of allylic oxidation sites excluding steroid dienone is 4. The molecule has 3 aliphatic rings. The Hall–Kier alpha value is -1.16. The molecule has 0 bridgehead atoms. The Bertz CT molecular complexity index is 1020. The minimum absolute atomic E-state index is 0.102. The van der Waals surface area contributed by atoms with Gasteiger partial charge >= 0.3 is 0 Å². The zero-order valence-electron chi connectivity index (χ0n) is 27.8. The first-order valence-electron chi connectivity index (χ1n) is 16.0. The smallest absolute Gasteiger partial charge is 0.0811 e. The molecule has 3 rings (SSSR count). The molecule has 0 aromatic heterocycles. The molecular formula is C28H44O3. The predicted octanol–water partition coefficient (Wildman–Crippen LogP) is 5.73. The Kier molecular flexibility index (Phi) is 4.50. The molecule has 174 valence electrons. The highest BCUT2D eigenvalue weighted by Crippen LogP contribution is 2.59. The fourth-order valence-corrected chi connectivity index (χ4v) is 6.17. The minimum atomic E-state index is -3.44. The largest absolute Gasteiger partial charge is 0.393 e. The van der Waals surface area contributed by atoms with Crippen LogP contribution in [0.4, 0.5) is 0 Å². The van der Waals surface area contributed by atoms with Crippen molar-refractivity contribution in [1.82, 2.24) is 0 Å². The summed E-state index contributed by atoms with van der Waals surface area (Å²) in [6, 6.07) is 0. The summed E-state index contributed by atoms with van der Waals surface area (Å²) >= 11 is 0. The molecule has 3 aliphatic carbocycles. The van der Waals surface area contributed by atoms with Crippen molar-refractivity contribution in [1.29, 1.82) is 0 Å². The summed E-state index contributed by atoms with van der Waals surface area (Å²) in [5.74, 6) is -1.86.